The van der Waals surface area contributed by atoms with Crippen LogP contribution in [0, 0.1) is 15.9 Å². The Kier molecular flexibility index (Phi) is 3.93. The van der Waals surface area contributed by atoms with E-state index in [1.807, 2.05) is 32.9 Å². The molecule has 0 aliphatic carbocycles. The van der Waals surface area contributed by atoms with Crippen LogP contribution in [0.15, 0.2) is 42.5 Å². The predicted molar refractivity (Wildman–Crippen MR) is 78.3 cm³/mol. The number of halogens is 1. The highest BCUT2D eigenvalue weighted by molar-refractivity contribution is 5.51. The molecule has 0 saturated carbocycles. The van der Waals surface area contributed by atoms with E-state index < -0.39 is 16.4 Å². The number of benzene rings is 2. The van der Waals surface area contributed by atoms with Gasteiger partial charge in [-0.2, -0.15) is 4.39 Å². The second kappa shape index (κ2) is 5.52. The number of nitro groups is 1. The number of ether oxygens (including phenoxy) is 1. The van der Waals surface area contributed by atoms with Crippen molar-refractivity contribution in [3.05, 3.63) is 64.0 Å². The Morgan fingerprint density at radius 2 is 1.67 bits per heavy atom. The molecule has 0 aromatic heterocycles. The van der Waals surface area contributed by atoms with Gasteiger partial charge in [-0.3, -0.25) is 10.1 Å². The molecular formula is C16H16FNO3. The molecule has 0 unspecified atom stereocenters. The molecule has 0 saturated heterocycles. The summed E-state index contributed by atoms with van der Waals surface area (Å²) in [5.74, 6) is -0.527. The van der Waals surface area contributed by atoms with Crippen LogP contribution >= 0.6 is 0 Å². The van der Waals surface area contributed by atoms with Gasteiger partial charge in [0.1, 0.15) is 5.75 Å². The molecule has 0 N–H and O–H groups in total. The van der Waals surface area contributed by atoms with Gasteiger partial charge in [-0.25, -0.2) is 0 Å². The maximum Gasteiger partial charge on any atom is 0.346 e. The fraction of sp³-hybridized carbons (Fsp3) is 0.250. The van der Waals surface area contributed by atoms with Gasteiger partial charge >= 0.3 is 5.69 Å². The van der Waals surface area contributed by atoms with Crippen molar-refractivity contribution in [1.29, 1.82) is 0 Å². The molecular weight excluding hydrogens is 273 g/mol. The zero-order valence-electron chi connectivity index (χ0n) is 12.1. The fourth-order valence-corrected chi connectivity index (χ4v) is 2.05. The molecule has 4 nitrogen and oxygen atoms in total. The van der Waals surface area contributed by atoms with Crippen LogP contribution in [0.5, 0.6) is 11.5 Å². The van der Waals surface area contributed by atoms with Crippen molar-refractivity contribution >= 4 is 5.69 Å². The summed E-state index contributed by atoms with van der Waals surface area (Å²) in [7, 11) is 0. The zero-order valence-corrected chi connectivity index (χ0v) is 12.1. The molecule has 0 amide bonds. The Hall–Kier alpha value is -2.43. The van der Waals surface area contributed by atoms with Crippen molar-refractivity contribution in [3.8, 4) is 11.5 Å². The van der Waals surface area contributed by atoms with Gasteiger partial charge < -0.3 is 4.74 Å². The van der Waals surface area contributed by atoms with Crippen molar-refractivity contribution in [3.63, 3.8) is 0 Å². The van der Waals surface area contributed by atoms with E-state index in [4.69, 9.17) is 4.74 Å². The molecule has 0 spiro atoms. The number of hydrogen-bond donors (Lipinski definition) is 0. The minimum Gasteiger partial charge on any atom is -0.450 e. The second-order valence-electron chi connectivity index (χ2n) is 5.69. The first kappa shape index (κ1) is 15.0. The highest BCUT2D eigenvalue weighted by Gasteiger charge is 2.24. The number of rotatable bonds is 3. The number of nitro benzene ring substituents is 1. The van der Waals surface area contributed by atoms with Gasteiger partial charge in [0.25, 0.3) is 0 Å². The highest BCUT2D eigenvalue weighted by Crippen LogP contribution is 2.38. The molecule has 0 fully saturated rings. The Morgan fingerprint density at radius 3 is 2.29 bits per heavy atom. The number of hydrogen-bond acceptors (Lipinski definition) is 3. The summed E-state index contributed by atoms with van der Waals surface area (Å²) in [4.78, 5) is 10.2. The minimum atomic E-state index is -0.911. The van der Waals surface area contributed by atoms with E-state index in [0.29, 0.717) is 5.75 Å². The van der Waals surface area contributed by atoms with Crippen LogP contribution < -0.4 is 4.74 Å². The molecule has 2 rings (SSSR count). The lowest BCUT2D eigenvalue weighted by Crippen LogP contribution is -2.12. The third-order valence-corrected chi connectivity index (χ3v) is 3.05. The van der Waals surface area contributed by atoms with Crippen molar-refractivity contribution in [2.24, 2.45) is 0 Å². The monoisotopic (exact) mass is 289 g/mol. The first-order valence-electron chi connectivity index (χ1n) is 6.51. The second-order valence-corrected chi connectivity index (χ2v) is 5.69. The normalized spacial score (nSPS) is 11.2. The van der Waals surface area contributed by atoms with Crippen LogP contribution in [0.3, 0.4) is 0 Å². The molecule has 5 heteroatoms. The Balaban J connectivity index is 2.50. The van der Waals surface area contributed by atoms with Gasteiger partial charge in [-0.05, 0) is 23.6 Å². The summed E-state index contributed by atoms with van der Waals surface area (Å²) in [6.45, 7) is 6.03. The third-order valence-electron chi connectivity index (χ3n) is 3.05. The summed E-state index contributed by atoms with van der Waals surface area (Å²) >= 11 is 0. The first-order chi connectivity index (χ1) is 9.80. The van der Waals surface area contributed by atoms with Crippen LogP contribution in [0.1, 0.15) is 26.3 Å². The number of para-hydroxylation sites is 2. The maximum atomic E-state index is 13.6. The van der Waals surface area contributed by atoms with Crippen molar-refractivity contribution in [1.82, 2.24) is 0 Å². The molecule has 0 aliphatic heterocycles. The van der Waals surface area contributed by atoms with E-state index in [-0.39, 0.29) is 11.2 Å². The maximum absolute atomic E-state index is 13.6. The Labute approximate surface area is 122 Å². The third kappa shape index (κ3) is 3.18. The van der Waals surface area contributed by atoms with Crippen molar-refractivity contribution in [2.45, 2.75) is 26.2 Å². The van der Waals surface area contributed by atoms with Crippen LogP contribution in [0.2, 0.25) is 0 Å². The van der Waals surface area contributed by atoms with Crippen LogP contribution in [0.4, 0.5) is 10.1 Å². The molecule has 2 aromatic rings. The summed E-state index contributed by atoms with van der Waals surface area (Å²) in [6, 6.07) is 11.1. The van der Waals surface area contributed by atoms with E-state index in [1.54, 1.807) is 12.1 Å². The lowest BCUT2D eigenvalue weighted by Gasteiger charge is -2.22. The van der Waals surface area contributed by atoms with Crippen LogP contribution in [0.25, 0.3) is 0 Å². The Morgan fingerprint density at radius 1 is 1.05 bits per heavy atom. The smallest absolute Gasteiger partial charge is 0.346 e. The standard InChI is InChI=1S/C16H16FNO3/c1-16(2,3)11-7-4-5-9-13(11)21-14-10-6-8-12(17)15(14)18(19)20/h4-10H,1-3H3. The largest absolute Gasteiger partial charge is 0.450 e. The summed E-state index contributed by atoms with van der Waals surface area (Å²) in [5.41, 5.74) is 0.0448. The minimum absolute atomic E-state index is 0.100. The quantitative estimate of drug-likeness (QED) is 0.601. The van der Waals surface area contributed by atoms with E-state index in [0.717, 1.165) is 11.6 Å². The average molecular weight is 289 g/mol. The molecule has 21 heavy (non-hydrogen) atoms. The predicted octanol–water partition coefficient (Wildman–Crippen LogP) is 4.82. The topological polar surface area (TPSA) is 52.4 Å². The lowest BCUT2D eigenvalue weighted by atomic mass is 9.86. The van der Waals surface area contributed by atoms with Crippen molar-refractivity contribution in [2.75, 3.05) is 0 Å². The molecule has 0 aliphatic rings. The van der Waals surface area contributed by atoms with Crippen LogP contribution in [-0.2, 0) is 5.41 Å². The van der Waals surface area contributed by atoms with Gasteiger partial charge in [-0.1, -0.05) is 45.0 Å². The summed E-state index contributed by atoms with van der Waals surface area (Å²) < 4.78 is 19.2. The van der Waals surface area contributed by atoms with E-state index in [1.165, 1.54) is 12.1 Å². The molecule has 0 radical (unpaired) electrons. The van der Waals surface area contributed by atoms with Crippen LogP contribution in [-0.4, -0.2) is 4.92 Å². The SMILES string of the molecule is CC(C)(C)c1ccccc1Oc1cccc(F)c1[N+](=O)[O-]. The molecule has 0 heterocycles. The van der Waals surface area contributed by atoms with Gasteiger partial charge in [0.2, 0.25) is 11.6 Å². The Bertz CT molecular complexity index is 677. The summed E-state index contributed by atoms with van der Waals surface area (Å²) in [6.07, 6.45) is 0. The van der Waals surface area contributed by atoms with E-state index >= 15 is 0 Å². The molecule has 0 atom stereocenters. The van der Waals surface area contributed by atoms with E-state index in [9.17, 15) is 14.5 Å². The van der Waals surface area contributed by atoms with Gasteiger partial charge in [0, 0.05) is 5.56 Å². The van der Waals surface area contributed by atoms with E-state index in [2.05, 4.69) is 0 Å². The average Bonchev–Trinajstić information content (AvgIpc) is 2.37. The van der Waals surface area contributed by atoms with Gasteiger partial charge in [-0.15, -0.1) is 0 Å². The van der Waals surface area contributed by atoms with Crippen molar-refractivity contribution < 1.29 is 14.1 Å². The van der Waals surface area contributed by atoms with Gasteiger partial charge in [0.15, 0.2) is 0 Å². The molecule has 2 aromatic carbocycles. The fourth-order valence-electron chi connectivity index (χ4n) is 2.05. The highest BCUT2D eigenvalue weighted by atomic mass is 19.1. The lowest BCUT2D eigenvalue weighted by molar-refractivity contribution is -0.388. The van der Waals surface area contributed by atoms with Gasteiger partial charge in [0.05, 0.1) is 4.92 Å². The molecule has 110 valence electrons. The summed E-state index contributed by atoms with van der Waals surface area (Å²) in [5, 5.41) is 11.0. The number of nitrogens with zero attached hydrogens (tertiary/aromatic N) is 1. The molecule has 0 bridgehead atoms. The zero-order chi connectivity index (χ0) is 15.6. The first-order valence-corrected chi connectivity index (χ1v) is 6.51.